The number of rotatable bonds is 1. The SMILES string of the molecule is Cc1c(N2C(=O)C3[C@H](C2=O)C2(C)C[C@H](O)C3(C)O2)ccc(C#N)c1Cl. The fraction of sp³-hybridized carbons (Fsp3) is 0.500. The van der Waals surface area contributed by atoms with E-state index in [4.69, 9.17) is 21.6 Å². The van der Waals surface area contributed by atoms with E-state index in [2.05, 4.69) is 0 Å². The average Bonchev–Trinajstić information content (AvgIpc) is 3.05. The first kappa shape index (κ1) is 16.5. The van der Waals surface area contributed by atoms with Crippen LogP contribution in [0.4, 0.5) is 5.69 Å². The molecule has 7 heteroatoms. The highest BCUT2D eigenvalue weighted by atomic mass is 35.5. The molecule has 3 aliphatic rings. The van der Waals surface area contributed by atoms with Crippen molar-refractivity contribution in [1.29, 1.82) is 5.26 Å². The summed E-state index contributed by atoms with van der Waals surface area (Å²) in [5.41, 5.74) is -0.739. The first-order chi connectivity index (χ1) is 11.7. The van der Waals surface area contributed by atoms with E-state index in [-0.39, 0.29) is 16.8 Å². The zero-order valence-electron chi connectivity index (χ0n) is 14.0. The van der Waals surface area contributed by atoms with Crippen molar-refractivity contribution in [3.8, 4) is 6.07 Å². The Morgan fingerprint density at radius 1 is 1.32 bits per heavy atom. The van der Waals surface area contributed by atoms with Gasteiger partial charge in [0.1, 0.15) is 11.7 Å². The van der Waals surface area contributed by atoms with Gasteiger partial charge in [0.05, 0.1) is 39.8 Å². The number of imide groups is 1. The number of carbonyl (C=O) groups is 2. The lowest BCUT2D eigenvalue weighted by Gasteiger charge is -2.31. The highest BCUT2D eigenvalue weighted by molar-refractivity contribution is 6.33. The van der Waals surface area contributed by atoms with Crippen LogP contribution in [0, 0.1) is 30.1 Å². The molecule has 0 radical (unpaired) electrons. The Hall–Kier alpha value is -1.94. The topological polar surface area (TPSA) is 90.6 Å². The van der Waals surface area contributed by atoms with Crippen LogP contribution in [0.3, 0.4) is 0 Å². The van der Waals surface area contributed by atoms with Crippen LogP contribution in [0.2, 0.25) is 5.02 Å². The minimum atomic E-state index is -1.06. The first-order valence-electron chi connectivity index (χ1n) is 8.11. The van der Waals surface area contributed by atoms with Gasteiger partial charge in [0, 0.05) is 6.42 Å². The van der Waals surface area contributed by atoms with E-state index < -0.39 is 29.1 Å². The summed E-state index contributed by atoms with van der Waals surface area (Å²) in [6.45, 7) is 5.15. The van der Waals surface area contributed by atoms with E-state index in [1.165, 1.54) is 6.07 Å². The smallest absolute Gasteiger partial charge is 0.240 e. The number of hydrogen-bond acceptors (Lipinski definition) is 5. The predicted molar refractivity (Wildman–Crippen MR) is 88.9 cm³/mol. The minimum absolute atomic E-state index is 0.231. The van der Waals surface area contributed by atoms with Gasteiger partial charge in [-0.25, -0.2) is 4.90 Å². The van der Waals surface area contributed by atoms with Gasteiger partial charge in [0.2, 0.25) is 11.8 Å². The van der Waals surface area contributed by atoms with Gasteiger partial charge >= 0.3 is 0 Å². The zero-order chi connectivity index (χ0) is 18.3. The molecule has 0 spiro atoms. The Kier molecular flexibility index (Phi) is 3.19. The molecule has 25 heavy (non-hydrogen) atoms. The van der Waals surface area contributed by atoms with Crippen LogP contribution in [0.5, 0.6) is 0 Å². The van der Waals surface area contributed by atoms with Crippen molar-refractivity contribution in [1.82, 2.24) is 0 Å². The van der Waals surface area contributed by atoms with Crippen LogP contribution in [-0.4, -0.2) is 34.2 Å². The molecule has 1 N–H and O–H groups in total. The number of nitrogens with zero attached hydrogens (tertiary/aromatic N) is 2. The normalized spacial score (nSPS) is 39.0. The Balaban J connectivity index is 1.84. The summed E-state index contributed by atoms with van der Waals surface area (Å²) in [6, 6.07) is 5.06. The lowest BCUT2D eigenvalue weighted by atomic mass is 9.67. The number of aliphatic hydroxyl groups is 1. The fourth-order valence-electron chi connectivity index (χ4n) is 4.76. The molecule has 3 unspecified atom stereocenters. The van der Waals surface area contributed by atoms with E-state index in [1.54, 1.807) is 26.8 Å². The number of hydrogen-bond donors (Lipinski definition) is 1. The first-order valence-corrected chi connectivity index (χ1v) is 8.49. The molecule has 3 fully saturated rings. The lowest BCUT2D eigenvalue weighted by Crippen LogP contribution is -2.49. The molecular formula is C18H17ClN2O4. The third-order valence-corrected chi connectivity index (χ3v) is 6.50. The largest absolute Gasteiger partial charge is 0.390 e. The monoisotopic (exact) mass is 360 g/mol. The maximum Gasteiger partial charge on any atom is 0.240 e. The number of halogens is 1. The molecule has 3 heterocycles. The number of anilines is 1. The highest BCUT2D eigenvalue weighted by Gasteiger charge is 2.75. The summed E-state index contributed by atoms with van der Waals surface area (Å²) in [6.07, 6.45) is -0.467. The summed E-state index contributed by atoms with van der Waals surface area (Å²) in [7, 11) is 0. The van der Waals surface area contributed by atoms with Crippen molar-refractivity contribution in [3.05, 3.63) is 28.3 Å². The molecule has 0 aliphatic carbocycles. The Morgan fingerprint density at radius 2 is 1.96 bits per heavy atom. The van der Waals surface area contributed by atoms with Crippen molar-refractivity contribution in [3.63, 3.8) is 0 Å². The van der Waals surface area contributed by atoms with Gasteiger partial charge < -0.3 is 9.84 Å². The van der Waals surface area contributed by atoms with E-state index in [0.717, 1.165) is 4.90 Å². The van der Waals surface area contributed by atoms with E-state index in [9.17, 15) is 14.7 Å². The van der Waals surface area contributed by atoms with Gasteiger partial charge in [-0.1, -0.05) is 11.6 Å². The summed E-state index contributed by atoms with van der Waals surface area (Å²) in [4.78, 5) is 27.3. The average molecular weight is 361 g/mol. The van der Waals surface area contributed by atoms with Crippen LogP contribution in [0.15, 0.2) is 12.1 Å². The Bertz CT molecular complexity index is 879. The maximum absolute atomic E-state index is 13.1. The van der Waals surface area contributed by atoms with Crippen LogP contribution in [-0.2, 0) is 14.3 Å². The summed E-state index contributed by atoms with van der Waals surface area (Å²) in [5, 5.41) is 19.7. The lowest BCUT2D eigenvalue weighted by molar-refractivity contribution is -0.132. The van der Waals surface area contributed by atoms with Crippen LogP contribution >= 0.6 is 11.6 Å². The number of amides is 2. The van der Waals surface area contributed by atoms with E-state index in [0.29, 0.717) is 23.2 Å². The molecule has 3 saturated heterocycles. The molecule has 4 rings (SSSR count). The van der Waals surface area contributed by atoms with Gasteiger partial charge in [-0.15, -0.1) is 0 Å². The van der Waals surface area contributed by atoms with Gasteiger partial charge in [-0.05, 0) is 38.5 Å². The predicted octanol–water partition coefficient (Wildman–Crippen LogP) is 1.94. The Morgan fingerprint density at radius 3 is 2.60 bits per heavy atom. The molecule has 130 valence electrons. The van der Waals surface area contributed by atoms with E-state index in [1.807, 2.05) is 6.07 Å². The molecule has 1 aromatic rings. The molecule has 1 aromatic carbocycles. The standard InChI is InChI=1S/C18H17ClN2O4/c1-8-10(5-4-9(7-20)14(8)19)21-15(23)12-13(16(21)24)18(3)11(22)6-17(12,2)25-18/h4-5,11-13,22H,6H2,1-3H3/t11-,12+,13?,17?,18?/m0/s1. The summed E-state index contributed by atoms with van der Waals surface area (Å²) >= 11 is 6.20. The van der Waals surface area contributed by atoms with Gasteiger partial charge in [0.25, 0.3) is 0 Å². The van der Waals surface area contributed by atoms with Crippen molar-refractivity contribution in [2.24, 2.45) is 11.8 Å². The fourth-order valence-corrected chi connectivity index (χ4v) is 4.96. The second-order valence-electron chi connectivity index (χ2n) is 7.47. The molecule has 6 nitrogen and oxygen atoms in total. The highest BCUT2D eigenvalue weighted by Crippen LogP contribution is 2.61. The molecular weight excluding hydrogens is 344 g/mol. The summed E-state index contributed by atoms with van der Waals surface area (Å²) < 4.78 is 5.95. The second-order valence-corrected chi connectivity index (χ2v) is 7.85. The van der Waals surface area contributed by atoms with Crippen LogP contribution in [0.1, 0.15) is 31.4 Å². The number of ether oxygens (including phenoxy) is 1. The number of nitriles is 1. The van der Waals surface area contributed by atoms with Crippen molar-refractivity contribution >= 4 is 29.1 Å². The number of fused-ring (bicyclic) bond motifs is 5. The van der Waals surface area contributed by atoms with Crippen molar-refractivity contribution in [2.75, 3.05) is 4.90 Å². The second kappa shape index (κ2) is 4.82. The van der Waals surface area contributed by atoms with Crippen LogP contribution in [0.25, 0.3) is 0 Å². The summed E-state index contributed by atoms with van der Waals surface area (Å²) in [5.74, 6) is -2.06. The zero-order valence-corrected chi connectivity index (χ0v) is 14.8. The minimum Gasteiger partial charge on any atom is -0.390 e. The molecule has 5 atom stereocenters. The Labute approximate surface area is 149 Å². The van der Waals surface area contributed by atoms with E-state index >= 15 is 0 Å². The number of carbonyl (C=O) groups excluding carboxylic acids is 2. The maximum atomic E-state index is 13.1. The number of aliphatic hydroxyl groups excluding tert-OH is 1. The third-order valence-electron chi connectivity index (χ3n) is 6.01. The van der Waals surface area contributed by atoms with Gasteiger partial charge in [0.15, 0.2) is 0 Å². The molecule has 3 aliphatic heterocycles. The van der Waals surface area contributed by atoms with Crippen molar-refractivity contribution in [2.45, 2.75) is 44.5 Å². The third kappa shape index (κ3) is 1.81. The quantitative estimate of drug-likeness (QED) is 0.773. The van der Waals surface area contributed by atoms with Crippen molar-refractivity contribution < 1.29 is 19.4 Å². The van der Waals surface area contributed by atoms with Gasteiger partial charge in [-0.2, -0.15) is 5.26 Å². The van der Waals surface area contributed by atoms with Crippen LogP contribution < -0.4 is 4.90 Å². The molecule has 0 aromatic heterocycles. The molecule has 2 amide bonds. The van der Waals surface area contributed by atoms with Gasteiger partial charge in [-0.3, -0.25) is 9.59 Å². The molecule has 2 bridgehead atoms. The number of benzene rings is 1. The molecule has 0 saturated carbocycles.